The second-order valence-electron chi connectivity index (χ2n) is 5.89. The molecule has 120 valence electrons. The Hall–Kier alpha value is -3.22. The lowest BCUT2D eigenvalue weighted by molar-refractivity contribution is 0.833. The summed E-state index contributed by atoms with van der Waals surface area (Å²) in [6.45, 7) is 6.07. The highest BCUT2D eigenvalue weighted by atomic mass is 15.3. The molecule has 0 aliphatic rings. The highest BCUT2D eigenvalue weighted by molar-refractivity contribution is 5.90. The quantitative estimate of drug-likeness (QED) is 0.592. The smallest absolute Gasteiger partial charge is 0.222 e. The number of nitrogens with zero attached hydrogens (tertiary/aromatic N) is 5. The van der Waals surface area contributed by atoms with Crippen molar-refractivity contribution < 1.29 is 0 Å². The number of hydrogen-bond acceptors (Lipinski definition) is 5. The third-order valence-electron chi connectivity index (χ3n) is 3.95. The topological polar surface area (TPSA) is 98.3 Å². The number of aromatic nitrogens is 6. The van der Waals surface area contributed by atoms with E-state index in [2.05, 4.69) is 38.0 Å². The van der Waals surface area contributed by atoms with Gasteiger partial charge in [0.25, 0.3) is 0 Å². The molecule has 0 amide bonds. The monoisotopic (exact) mass is 319 g/mol. The summed E-state index contributed by atoms with van der Waals surface area (Å²) in [4.78, 5) is 15.9. The maximum atomic E-state index is 5.88. The Labute approximate surface area is 138 Å². The van der Waals surface area contributed by atoms with Crippen LogP contribution in [0.5, 0.6) is 0 Å². The molecule has 24 heavy (non-hydrogen) atoms. The number of nitrogens with one attached hydrogen (secondary N) is 1. The summed E-state index contributed by atoms with van der Waals surface area (Å²) in [5.41, 5.74) is 13.0. The molecule has 0 bridgehead atoms. The molecule has 0 aliphatic heterocycles. The van der Waals surface area contributed by atoms with Gasteiger partial charge in [-0.15, -0.1) is 0 Å². The van der Waals surface area contributed by atoms with Crippen molar-refractivity contribution in [1.82, 2.24) is 29.7 Å². The van der Waals surface area contributed by atoms with Crippen molar-refractivity contribution in [3.8, 4) is 16.9 Å². The first-order chi connectivity index (χ1) is 11.5. The van der Waals surface area contributed by atoms with Gasteiger partial charge in [-0.05, 0) is 38.5 Å². The minimum Gasteiger partial charge on any atom is -0.368 e. The van der Waals surface area contributed by atoms with Gasteiger partial charge in [-0.25, -0.2) is 14.6 Å². The fourth-order valence-corrected chi connectivity index (χ4v) is 2.93. The molecule has 0 unspecified atom stereocenters. The van der Waals surface area contributed by atoms with Crippen molar-refractivity contribution >= 4 is 17.1 Å². The molecule has 0 aliphatic carbocycles. The number of H-pyrrole nitrogens is 1. The zero-order chi connectivity index (χ0) is 16.8. The van der Waals surface area contributed by atoms with E-state index >= 15 is 0 Å². The van der Waals surface area contributed by atoms with Crippen molar-refractivity contribution in [2.24, 2.45) is 0 Å². The Kier molecular flexibility index (Phi) is 3.09. The van der Waals surface area contributed by atoms with Crippen LogP contribution in [0.15, 0.2) is 30.6 Å². The molecule has 0 spiro atoms. The first-order valence-corrected chi connectivity index (χ1v) is 7.64. The number of nitrogen functional groups attached to an aromatic ring is 1. The zero-order valence-corrected chi connectivity index (χ0v) is 13.7. The number of rotatable bonds is 2. The normalized spacial score (nSPS) is 11.3. The zero-order valence-electron chi connectivity index (χ0n) is 13.7. The van der Waals surface area contributed by atoms with Crippen LogP contribution in [0.25, 0.3) is 28.1 Å². The van der Waals surface area contributed by atoms with E-state index in [4.69, 9.17) is 5.73 Å². The SMILES string of the molecule is Cc1ccc(-c2nc(N)nc3nc[nH]c23)c(-n2nc(C)cc2C)c1. The van der Waals surface area contributed by atoms with Gasteiger partial charge in [0.1, 0.15) is 11.2 Å². The number of nitrogens with two attached hydrogens (primary N) is 1. The van der Waals surface area contributed by atoms with Crippen molar-refractivity contribution in [1.29, 1.82) is 0 Å². The van der Waals surface area contributed by atoms with Crippen LogP contribution in [0.4, 0.5) is 5.95 Å². The van der Waals surface area contributed by atoms with Crippen molar-refractivity contribution in [3.05, 3.63) is 47.5 Å². The van der Waals surface area contributed by atoms with Gasteiger partial charge in [0, 0.05) is 11.3 Å². The van der Waals surface area contributed by atoms with Gasteiger partial charge in [0.2, 0.25) is 5.95 Å². The number of fused-ring (bicyclic) bond motifs is 1. The van der Waals surface area contributed by atoms with Crippen molar-refractivity contribution in [2.75, 3.05) is 5.73 Å². The van der Waals surface area contributed by atoms with Crippen LogP contribution in [0, 0.1) is 20.8 Å². The molecule has 3 aromatic heterocycles. The van der Waals surface area contributed by atoms with Crippen LogP contribution in [0.2, 0.25) is 0 Å². The van der Waals surface area contributed by atoms with Gasteiger partial charge in [-0.2, -0.15) is 10.1 Å². The summed E-state index contributed by atoms with van der Waals surface area (Å²) in [5.74, 6) is 0.199. The number of hydrogen-bond donors (Lipinski definition) is 2. The molecule has 0 radical (unpaired) electrons. The molecule has 0 saturated heterocycles. The van der Waals surface area contributed by atoms with E-state index < -0.39 is 0 Å². The van der Waals surface area contributed by atoms with Crippen LogP contribution >= 0.6 is 0 Å². The second-order valence-corrected chi connectivity index (χ2v) is 5.89. The Bertz CT molecular complexity index is 1060. The van der Waals surface area contributed by atoms with Crippen LogP contribution in [-0.2, 0) is 0 Å². The van der Waals surface area contributed by atoms with Crippen LogP contribution in [0.3, 0.4) is 0 Å². The standard InChI is InChI=1S/C17H17N7/c1-9-4-5-12(13(6-9)24-11(3)7-10(2)23-24)14-15-16(20-8-19-15)22-17(18)21-14/h4-8H,1-3H3,(H3,18,19,20,21,22). The van der Waals surface area contributed by atoms with Gasteiger partial charge >= 0.3 is 0 Å². The summed E-state index contributed by atoms with van der Waals surface area (Å²) in [7, 11) is 0. The van der Waals surface area contributed by atoms with E-state index in [1.165, 1.54) is 0 Å². The number of benzene rings is 1. The number of anilines is 1. The molecular formula is C17H17N7. The lowest BCUT2D eigenvalue weighted by atomic mass is 10.1. The molecule has 4 rings (SSSR count). The summed E-state index contributed by atoms with van der Waals surface area (Å²) in [6, 6.07) is 8.22. The maximum absolute atomic E-state index is 5.88. The fraction of sp³-hybridized carbons (Fsp3) is 0.176. The molecule has 1 aromatic carbocycles. The second kappa shape index (κ2) is 5.16. The third-order valence-corrected chi connectivity index (χ3v) is 3.95. The molecule has 4 aromatic rings. The predicted octanol–water partition coefficient (Wildman–Crippen LogP) is 2.71. The molecule has 3 heterocycles. The Morgan fingerprint density at radius 2 is 1.92 bits per heavy atom. The molecule has 7 nitrogen and oxygen atoms in total. The van der Waals surface area contributed by atoms with Crippen molar-refractivity contribution in [3.63, 3.8) is 0 Å². The molecule has 0 saturated carbocycles. The first-order valence-electron chi connectivity index (χ1n) is 7.64. The molecule has 0 atom stereocenters. The maximum Gasteiger partial charge on any atom is 0.222 e. The van der Waals surface area contributed by atoms with Gasteiger partial charge in [0.05, 0.1) is 17.7 Å². The van der Waals surface area contributed by atoms with E-state index in [0.29, 0.717) is 5.65 Å². The van der Waals surface area contributed by atoms with E-state index in [-0.39, 0.29) is 5.95 Å². The Balaban J connectivity index is 2.05. The average Bonchev–Trinajstić information content (AvgIpc) is 3.12. The molecular weight excluding hydrogens is 302 g/mol. The van der Waals surface area contributed by atoms with Crippen LogP contribution in [-0.4, -0.2) is 29.7 Å². The lowest BCUT2D eigenvalue weighted by Gasteiger charge is -2.13. The molecule has 0 fully saturated rings. The molecule has 3 N–H and O–H groups in total. The summed E-state index contributed by atoms with van der Waals surface area (Å²) < 4.78 is 1.93. The number of imidazole rings is 1. The third kappa shape index (κ3) is 2.21. The summed E-state index contributed by atoms with van der Waals surface area (Å²) >= 11 is 0. The highest BCUT2D eigenvalue weighted by Gasteiger charge is 2.17. The summed E-state index contributed by atoms with van der Waals surface area (Å²) in [6.07, 6.45) is 1.60. The van der Waals surface area contributed by atoms with E-state index in [0.717, 1.165) is 39.4 Å². The first kappa shape index (κ1) is 14.4. The summed E-state index contributed by atoms with van der Waals surface area (Å²) in [5, 5.41) is 4.61. The minimum atomic E-state index is 0.199. The minimum absolute atomic E-state index is 0.199. The molecule has 7 heteroatoms. The van der Waals surface area contributed by atoms with Crippen LogP contribution < -0.4 is 5.73 Å². The highest BCUT2D eigenvalue weighted by Crippen LogP contribution is 2.31. The number of aromatic amines is 1. The van der Waals surface area contributed by atoms with E-state index in [1.807, 2.05) is 36.7 Å². The van der Waals surface area contributed by atoms with E-state index in [1.54, 1.807) is 6.33 Å². The van der Waals surface area contributed by atoms with Crippen molar-refractivity contribution in [2.45, 2.75) is 20.8 Å². The van der Waals surface area contributed by atoms with Gasteiger partial charge in [0.15, 0.2) is 5.65 Å². The fourth-order valence-electron chi connectivity index (χ4n) is 2.93. The average molecular weight is 319 g/mol. The van der Waals surface area contributed by atoms with E-state index in [9.17, 15) is 0 Å². The van der Waals surface area contributed by atoms with Gasteiger partial charge in [-0.3, -0.25) is 0 Å². The Morgan fingerprint density at radius 3 is 2.67 bits per heavy atom. The van der Waals surface area contributed by atoms with Crippen LogP contribution in [0.1, 0.15) is 17.0 Å². The largest absolute Gasteiger partial charge is 0.368 e. The van der Waals surface area contributed by atoms with Gasteiger partial charge < -0.3 is 10.7 Å². The predicted molar refractivity (Wildman–Crippen MR) is 92.9 cm³/mol. The number of aryl methyl sites for hydroxylation is 3. The Morgan fingerprint density at radius 1 is 1.08 bits per heavy atom. The lowest BCUT2D eigenvalue weighted by Crippen LogP contribution is -2.04. The van der Waals surface area contributed by atoms with Gasteiger partial charge in [-0.1, -0.05) is 12.1 Å².